The van der Waals surface area contributed by atoms with Gasteiger partial charge in [0.25, 0.3) is 10.0 Å². The summed E-state index contributed by atoms with van der Waals surface area (Å²) in [5.74, 6) is 0. The molecule has 102 valence electrons. The number of hydrogen-bond acceptors (Lipinski definition) is 4. The van der Waals surface area contributed by atoms with Crippen LogP contribution in [0.3, 0.4) is 0 Å². The summed E-state index contributed by atoms with van der Waals surface area (Å²) in [7, 11) is -3.61. The van der Waals surface area contributed by atoms with E-state index in [1.54, 1.807) is 34.9 Å². The molecule has 6 nitrogen and oxygen atoms in total. The first-order valence-corrected chi connectivity index (χ1v) is 7.90. The molecule has 0 fully saturated rings. The van der Waals surface area contributed by atoms with Gasteiger partial charge in [-0.25, -0.2) is 8.42 Å². The highest BCUT2D eigenvalue weighted by atomic mass is 79.9. The third-order valence-corrected chi connectivity index (χ3v) is 4.59. The Bertz CT molecular complexity index is 859. The van der Waals surface area contributed by atoms with Crippen molar-refractivity contribution in [1.29, 1.82) is 0 Å². The van der Waals surface area contributed by atoms with Gasteiger partial charge < -0.3 is 0 Å². The van der Waals surface area contributed by atoms with Crippen LogP contribution in [0.5, 0.6) is 0 Å². The molecule has 0 unspecified atom stereocenters. The lowest BCUT2D eigenvalue weighted by molar-refractivity contribution is 0.601. The number of hydrogen-bond donors (Lipinski definition) is 1. The van der Waals surface area contributed by atoms with Crippen LogP contribution in [0.15, 0.2) is 58.3 Å². The predicted molar refractivity (Wildman–Crippen MR) is 77.9 cm³/mol. The van der Waals surface area contributed by atoms with Gasteiger partial charge in [-0.1, -0.05) is 15.9 Å². The third kappa shape index (κ3) is 2.52. The molecule has 8 heteroatoms. The number of benzene rings is 1. The summed E-state index contributed by atoms with van der Waals surface area (Å²) in [4.78, 5) is 0.199. The van der Waals surface area contributed by atoms with Crippen molar-refractivity contribution in [3.63, 3.8) is 0 Å². The second-order valence-corrected chi connectivity index (χ2v) is 6.67. The van der Waals surface area contributed by atoms with E-state index >= 15 is 0 Å². The number of aromatic nitrogens is 3. The highest BCUT2D eigenvalue weighted by molar-refractivity contribution is 9.10. The largest absolute Gasteiger partial charge is 0.287 e. The van der Waals surface area contributed by atoms with Crippen molar-refractivity contribution in [2.45, 2.75) is 4.90 Å². The van der Waals surface area contributed by atoms with Gasteiger partial charge in [0.05, 0.1) is 10.6 Å². The molecule has 20 heavy (non-hydrogen) atoms. The molecule has 3 rings (SSSR count). The lowest BCUT2D eigenvalue weighted by Gasteiger charge is -2.08. The molecule has 0 saturated carbocycles. The molecular weight excluding hydrogens is 344 g/mol. The Labute approximate surface area is 123 Å². The molecule has 1 aromatic carbocycles. The Morgan fingerprint density at radius 2 is 1.85 bits per heavy atom. The summed E-state index contributed by atoms with van der Waals surface area (Å²) in [5, 5.41) is 7.59. The quantitative estimate of drug-likeness (QED) is 0.784. The van der Waals surface area contributed by atoms with E-state index in [0.29, 0.717) is 11.3 Å². The average molecular weight is 353 g/mol. The van der Waals surface area contributed by atoms with Gasteiger partial charge in [0.15, 0.2) is 5.65 Å². The van der Waals surface area contributed by atoms with Crippen LogP contribution in [0, 0.1) is 0 Å². The van der Waals surface area contributed by atoms with E-state index in [1.165, 1.54) is 18.5 Å². The fourth-order valence-electron chi connectivity index (χ4n) is 1.72. The molecule has 0 spiro atoms. The van der Waals surface area contributed by atoms with E-state index in [4.69, 9.17) is 0 Å². The van der Waals surface area contributed by atoms with Crippen LogP contribution in [0.25, 0.3) is 5.65 Å². The number of nitrogens with one attached hydrogen (secondary N) is 1. The van der Waals surface area contributed by atoms with E-state index in [1.807, 2.05) is 0 Å². The highest BCUT2D eigenvalue weighted by Crippen LogP contribution is 2.18. The number of nitrogens with zero attached hydrogens (tertiary/aromatic N) is 3. The molecule has 2 heterocycles. The fraction of sp³-hybridized carbons (Fsp3) is 0. The maximum atomic E-state index is 12.2. The Morgan fingerprint density at radius 3 is 2.60 bits per heavy atom. The smallest absolute Gasteiger partial charge is 0.261 e. The normalized spacial score (nSPS) is 11.7. The van der Waals surface area contributed by atoms with Crippen LogP contribution in [0.4, 0.5) is 5.69 Å². The molecule has 0 radical (unpaired) electrons. The number of pyridine rings is 1. The minimum atomic E-state index is -3.61. The first-order valence-electron chi connectivity index (χ1n) is 5.62. The molecular formula is C12H9BrN4O2S. The second kappa shape index (κ2) is 4.88. The van der Waals surface area contributed by atoms with E-state index < -0.39 is 10.0 Å². The van der Waals surface area contributed by atoms with E-state index in [9.17, 15) is 8.42 Å². The maximum absolute atomic E-state index is 12.2. The molecule has 1 N–H and O–H groups in total. The van der Waals surface area contributed by atoms with Gasteiger partial charge in [0, 0.05) is 10.7 Å². The van der Waals surface area contributed by atoms with Crippen LogP contribution < -0.4 is 4.72 Å². The monoisotopic (exact) mass is 352 g/mol. The molecule has 0 aliphatic rings. The summed E-state index contributed by atoms with van der Waals surface area (Å²) in [5.41, 5.74) is 1.09. The van der Waals surface area contributed by atoms with Crippen LogP contribution >= 0.6 is 15.9 Å². The predicted octanol–water partition coefficient (Wildman–Crippen LogP) is 2.29. The standard InChI is InChI=1S/C12H9BrN4O2S/c13-9-1-4-11(5-2-9)20(18,19)16-10-3-6-12-15-14-8-17(12)7-10/h1-8,16H. The summed E-state index contributed by atoms with van der Waals surface area (Å²) < 4.78 is 29.4. The summed E-state index contributed by atoms with van der Waals surface area (Å²) in [6, 6.07) is 9.75. The molecule has 3 aromatic rings. The van der Waals surface area contributed by atoms with Crippen LogP contribution in [0.1, 0.15) is 0 Å². The van der Waals surface area contributed by atoms with E-state index in [-0.39, 0.29) is 4.90 Å². The number of rotatable bonds is 3. The number of anilines is 1. The van der Waals surface area contributed by atoms with Crippen molar-refractivity contribution < 1.29 is 8.42 Å². The second-order valence-electron chi connectivity index (χ2n) is 4.07. The molecule has 0 bridgehead atoms. The lowest BCUT2D eigenvalue weighted by atomic mass is 10.4. The van der Waals surface area contributed by atoms with Crippen LogP contribution in [-0.2, 0) is 10.0 Å². The SMILES string of the molecule is O=S(=O)(Nc1ccc2nncn2c1)c1ccc(Br)cc1. The van der Waals surface area contributed by atoms with Gasteiger partial charge >= 0.3 is 0 Å². The van der Waals surface area contributed by atoms with Crippen molar-refractivity contribution >= 4 is 37.3 Å². The van der Waals surface area contributed by atoms with Crippen LogP contribution in [0.2, 0.25) is 0 Å². The Hall–Kier alpha value is -1.93. The zero-order chi connectivity index (χ0) is 14.2. The van der Waals surface area contributed by atoms with Gasteiger partial charge in [0.1, 0.15) is 6.33 Å². The summed E-state index contributed by atoms with van der Waals surface area (Å²) >= 11 is 3.27. The summed E-state index contributed by atoms with van der Waals surface area (Å²) in [6.07, 6.45) is 3.12. The minimum Gasteiger partial charge on any atom is -0.287 e. The first kappa shape index (κ1) is 13.1. The van der Waals surface area contributed by atoms with E-state index in [0.717, 1.165) is 4.47 Å². The maximum Gasteiger partial charge on any atom is 0.261 e. The number of fused-ring (bicyclic) bond motifs is 1. The molecule has 2 aromatic heterocycles. The minimum absolute atomic E-state index is 0.199. The molecule has 0 saturated heterocycles. The molecule has 0 aliphatic carbocycles. The third-order valence-electron chi connectivity index (χ3n) is 2.67. The van der Waals surface area contributed by atoms with Crippen molar-refractivity contribution in [1.82, 2.24) is 14.6 Å². The van der Waals surface area contributed by atoms with Gasteiger partial charge in [0.2, 0.25) is 0 Å². The van der Waals surface area contributed by atoms with Crippen molar-refractivity contribution in [2.24, 2.45) is 0 Å². The lowest BCUT2D eigenvalue weighted by Crippen LogP contribution is -2.13. The zero-order valence-electron chi connectivity index (χ0n) is 10.1. The number of sulfonamides is 1. The Morgan fingerprint density at radius 1 is 1.10 bits per heavy atom. The Balaban J connectivity index is 1.94. The zero-order valence-corrected chi connectivity index (χ0v) is 12.5. The number of halogens is 1. The molecule has 0 atom stereocenters. The van der Waals surface area contributed by atoms with Crippen molar-refractivity contribution in [3.8, 4) is 0 Å². The topological polar surface area (TPSA) is 76.4 Å². The van der Waals surface area contributed by atoms with Gasteiger partial charge in [-0.3, -0.25) is 9.12 Å². The molecule has 0 amide bonds. The van der Waals surface area contributed by atoms with Crippen molar-refractivity contribution in [2.75, 3.05) is 4.72 Å². The van der Waals surface area contributed by atoms with Gasteiger partial charge in [-0.2, -0.15) is 0 Å². The first-order chi connectivity index (χ1) is 9.54. The van der Waals surface area contributed by atoms with Gasteiger partial charge in [-0.05, 0) is 36.4 Å². The average Bonchev–Trinajstić information content (AvgIpc) is 2.86. The summed E-state index contributed by atoms with van der Waals surface area (Å²) in [6.45, 7) is 0. The van der Waals surface area contributed by atoms with Crippen LogP contribution in [-0.4, -0.2) is 23.0 Å². The molecule has 0 aliphatic heterocycles. The highest BCUT2D eigenvalue weighted by Gasteiger charge is 2.14. The Kier molecular flexibility index (Phi) is 3.19. The fourth-order valence-corrected chi connectivity index (χ4v) is 3.02. The van der Waals surface area contributed by atoms with Crippen molar-refractivity contribution in [3.05, 3.63) is 53.4 Å². The van der Waals surface area contributed by atoms with E-state index in [2.05, 4.69) is 30.8 Å². The van der Waals surface area contributed by atoms with Gasteiger partial charge in [-0.15, -0.1) is 10.2 Å².